The zero-order valence-corrected chi connectivity index (χ0v) is 16.5. The van der Waals surface area contributed by atoms with Crippen molar-refractivity contribution in [2.45, 2.75) is 33.1 Å². The fourth-order valence-electron chi connectivity index (χ4n) is 3.09. The molecule has 0 saturated carbocycles. The number of hydrogen-bond donors (Lipinski definition) is 0. The summed E-state index contributed by atoms with van der Waals surface area (Å²) in [6.45, 7) is 5.59. The van der Waals surface area contributed by atoms with Crippen LogP contribution in [0, 0.1) is 5.82 Å². The smallest absolute Gasteiger partial charge is 0.303 e. The molecule has 0 N–H and O–H groups in total. The molecule has 1 fully saturated rings. The first kappa shape index (κ1) is 21.0. The summed E-state index contributed by atoms with van der Waals surface area (Å²) in [6, 6.07) is 7.55. The van der Waals surface area contributed by atoms with Crippen LogP contribution in [0.1, 0.15) is 35.7 Å². The second-order valence-electron chi connectivity index (χ2n) is 6.88. The van der Waals surface area contributed by atoms with E-state index in [2.05, 4.69) is 4.90 Å². The van der Waals surface area contributed by atoms with Gasteiger partial charge in [0.1, 0.15) is 42.4 Å². The Balaban J connectivity index is 1.52. The first-order valence-corrected chi connectivity index (χ1v) is 9.39. The van der Waals surface area contributed by atoms with E-state index < -0.39 is 5.82 Å². The van der Waals surface area contributed by atoms with Crippen LogP contribution in [0.5, 0.6) is 5.75 Å². The van der Waals surface area contributed by atoms with E-state index >= 15 is 0 Å². The minimum absolute atomic E-state index is 0.116. The van der Waals surface area contributed by atoms with Gasteiger partial charge < -0.3 is 18.6 Å². The summed E-state index contributed by atoms with van der Waals surface area (Å²) in [6.07, 6.45) is -0.191. The number of carbonyl (C=O) groups is 2. The van der Waals surface area contributed by atoms with Gasteiger partial charge in [0, 0.05) is 20.0 Å². The zero-order valence-electron chi connectivity index (χ0n) is 16.5. The second-order valence-corrected chi connectivity index (χ2v) is 6.88. The number of esters is 1. The predicted octanol–water partition coefficient (Wildman–Crippen LogP) is 2.96. The van der Waals surface area contributed by atoms with Gasteiger partial charge in [-0.25, -0.2) is 4.39 Å². The lowest BCUT2D eigenvalue weighted by Gasteiger charge is -2.32. The molecule has 2 aromatic rings. The maximum Gasteiger partial charge on any atom is 0.303 e. The van der Waals surface area contributed by atoms with Gasteiger partial charge in [0.25, 0.3) is 0 Å². The van der Waals surface area contributed by atoms with Crippen LogP contribution >= 0.6 is 0 Å². The van der Waals surface area contributed by atoms with Gasteiger partial charge in [-0.3, -0.25) is 14.5 Å². The minimum Gasteiger partial charge on any atom is -0.490 e. The third-order valence-corrected chi connectivity index (χ3v) is 4.48. The number of halogens is 1. The van der Waals surface area contributed by atoms with Gasteiger partial charge in [-0.2, -0.15) is 0 Å². The number of ether oxygens (including phenoxy) is 3. The molecule has 1 aromatic carbocycles. The number of carbonyl (C=O) groups excluding carboxylic acids is 2. The van der Waals surface area contributed by atoms with Crippen LogP contribution < -0.4 is 4.74 Å². The molecule has 0 aliphatic carbocycles. The molecule has 8 heteroatoms. The number of Topliss-reactive ketones (excluding diaryl/α,β-unsaturated/α-hetero) is 1. The SMILES string of the molecule is CC(=O)OCc1ccc(CN2CCOC(COc3ccc(F)cc3C(C)=O)C2)o1. The average Bonchev–Trinajstić information content (AvgIpc) is 3.13. The van der Waals surface area contributed by atoms with Crippen LogP contribution in [0.3, 0.4) is 0 Å². The van der Waals surface area contributed by atoms with Crippen LogP contribution in [0.2, 0.25) is 0 Å². The highest BCUT2D eigenvalue weighted by Crippen LogP contribution is 2.21. The van der Waals surface area contributed by atoms with E-state index in [-0.39, 0.29) is 36.6 Å². The number of hydrogen-bond acceptors (Lipinski definition) is 7. The molecule has 0 radical (unpaired) electrons. The Morgan fingerprint density at radius 1 is 1.21 bits per heavy atom. The standard InChI is InChI=1S/C21H24FNO6/c1-14(24)20-9-16(22)3-6-21(20)28-13-19-11-23(7-8-26-19)10-17-4-5-18(29-17)12-27-15(2)25/h3-6,9,19H,7-8,10-13H2,1-2H3. The van der Waals surface area contributed by atoms with E-state index in [0.29, 0.717) is 31.2 Å². The number of morpholine rings is 1. The lowest BCUT2D eigenvalue weighted by Crippen LogP contribution is -2.44. The van der Waals surface area contributed by atoms with Gasteiger partial charge in [-0.05, 0) is 37.3 Å². The van der Waals surface area contributed by atoms with Crippen molar-refractivity contribution >= 4 is 11.8 Å². The number of ketones is 1. The summed E-state index contributed by atoms with van der Waals surface area (Å²) in [5.74, 6) is 0.624. The van der Waals surface area contributed by atoms with Crippen molar-refractivity contribution in [3.05, 3.63) is 53.2 Å². The maximum absolute atomic E-state index is 13.4. The van der Waals surface area contributed by atoms with Gasteiger partial charge >= 0.3 is 5.97 Å². The molecular weight excluding hydrogens is 381 g/mol. The van der Waals surface area contributed by atoms with Gasteiger partial charge in [-0.1, -0.05) is 0 Å². The normalized spacial score (nSPS) is 17.1. The summed E-state index contributed by atoms with van der Waals surface area (Å²) in [4.78, 5) is 24.7. The molecule has 3 rings (SSSR count). The minimum atomic E-state index is -0.478. The molecule has 7 nitrogen and oxygen atoms in total. The largest absolute Gasteiger partial charge is 0.490 e. The van der Waals surface area contributed by atoms with Crippen LogP contribution in [-0.4, -0.2) is 49.1 Å². The predicted molar refractivity (Wildman–Crippen MR) is 101 cm³/mol. The van der Waals surface area contributed by atoms with Gasteiger partial charge in [0.15, 0.2) is 5.78 Å². The summed E-state index contributed by atoms with van der Waals surface area (Å²) in [5.41, 5.74) is 0.216. The molecule has 1 aromatic heterocycles. The zero-order chi connectivity index (χ0) is 20.8. The Hall–Kier alpha value is -2.71. The van der Waals surface area contributed by atoms with E-state index in [4.69, 9.17) is 18.6 Å². The molecule has 1 atom stereocenters. The highest BCUT2D eigenvalue weighted by Gasteiger charge is 2.23. The fraction of sp³-hybridized carbons (Fsp3) is 0.429. The van der Waals surface area contributed by atoms with Gasteiger partial charge in [0.05, 0.1) is 18.7 Å². The highest BCUT2D eigenvalue weighted by molar-refractivity contribution is 5.96. The van der Waals surface area contributed by atoms with E-state index in [0.717, 1.165) is 12.3 Å². The fourth-order valence-corrected chi connectivity index (χ4v) is 3.09. The maximum atomic E-state index is 13.4. The highest BCUT2D eigenvalue weighted by atomic mass is 19.1. The van der Waals surface area contributed by atoms with Crippen molar-refractivity contribution in [1.82, 2.24) is 4.90 Å². The average molecular weight is 405 g/mol. The molecule has 0 bridgehead atoms. The Kier molecular flexibility index (Phi) is 7.00. The van der Waals surface area contributed by atoms with Gasteiger partial charge in [0.2, 0.25) is 0 Å². The van der Waals surface area contributed by atoms with Crippen LogP contribution in [-0.2, 0) is 27.4 Å². The molecule has 1 saturated heterocycles. The number of rotatable bonds is 8. The quantitative estimate of drug-likeness (QED) is 0.494. The first-order chi connectivity index (χ1) is 13.9. The molecule has 29 heavy (non-hydrogen) atoms. The summed E-state index contributed by atoms with van der Waals surface area (Å²) >= 11 is 0. The second kappa shape index (κ2) is 9.67. The van der Waals surface area contributed by atoms with Crippen molar-refractivity contribution in [2.75, 3.05) is 26.3 Å². The molecule has 1 unspecified atom stereocenters. The molecule has 1 aliphatic heterocycles. The molecule has 2 heterocycles. The Labute approximate surface area is 168 Å². The van der Waals surface area contributed by atoms with Gasteiger partial charge in [-0.15, -0.1) is 0 Å². The number of furan rings is 1. The number of benzene rings is 1. The monoisotopic (exact) mass is 405 g/mol. The molecule has 0 amide bonds. The lowest BCUT2D eigenvalue weighted by atomic mass is 10.1. The molecule has 0 spiro atoms. The third-order valence-electron chi connectivity index (χ3n) is 4.48. The molecule has 156 valence electrons. The van der Waals surface area contributed by atoms with Crippen molar-refractivity contribution in [2.24, 2.45) is 0 Å². The van der Waals surface area contributed by atoms with Crippen molar-refractivity contribution in [3.63, 3.8) is 0 Å². The lowest BCUT2D eigenvalue weighted by molar-refractivity contribution is -0.142. The van der Waals surface area contributed by atoms with E-state index in [1.165, 1.54) is 32.0 Å². The third kappa shape index (κ3) is 6.13. The van der Waals surface area contributed by atoms with E-state index in [9.17, 15) is 14.0 Å². The molecule has 1 aliphatic rings. The van der Waals surface area contributed by atoms with E-state index in [1.807, 2.05) is 6.07 Å². The Morgan fingerprint density at radius 3 is 2.76 bits per heavy atom. The van der Waals surface area contributed by atoms with Crippen LogP contribution in [0.4, 0.5) is 4.39 Å². The van der Waals surface area contributed by atoms with Crippen molar-refractivity contribution < 1.29 is 32.6 Å². The van der Waals surface area contributed by atoms with Crippen LogP contribution in [0.15, 0.2) is 34.7 Å². The van der Waals surface area contributed by atoms with Crippen LogP contribution in [0.25, 0.3) is 0 Å². The summed E-state index contributed by atoms with van der Waals surface area (Å²) in [7, 11) is 0. The van der Waals surface area contributed by atoms with Crippen molar-refractivity contribution in [3.8, 4) is 5.75 Å². The first-order valence-electron chi connectivity index (χ1n) is 9.39. The summed E-state index contributed by atoms with van der Waals surface area (Å²) in [5, 5.41) is 0. The number of nitrogens with zero attached hydrogens (tertiary/aromatic N) is 1. The summed E-state index contributed by atoms with van der Waals surface area (Å²) < 4.78 is 35.5. The Bertz CT molecular complexity index is 865. The Morgan fingerprint density at radius 2 is 2.00 bits per heavy atom. The van der Waals surface area contributed by atoms with Crippen molar-refractivity contribution in [1.29, 1.82) is 0 Å². The topological polar surface area (TPSA) is 78.2 Å². The molecular formula is C21H24FNO6. The van der Waals surface area contributed by atoms with E-state index in [1.54, 1.807) is 6.07 Å².